The fraction of sp³-hybridized carbons (Fsp3) is 0.632. The number of benzene rings is 1. The molecule has 0 atom stereocenters. The van der Waals surface area contributed by atoms with Gasteiger partial charge in [-0.05, 0) is 51.7 Å². The quantitative estimate of drug-likeness (QED) is 0.927. The molecule has 0 bridgehead atoms. The van der Waals surface area contributed by atoms with Crippen LogP contribution in [0.2, 0.25) is 0 Å². The highest BCUT2D eigenvalue weighted by atomic mass is 16.1. The lowest BCUT2D eigenvalue weighted by Crippen LogP contribution is -2.47. The zero-order valence-corrected chi connectivity index (χ0v) is 13.9. The Kier molecular flexibility index (Phi) is 4.82. The van der Waals surface area contributed by atoms with Gasteiger partial charge in [0.1, 0.15) is 0 Å². The molecule has 1 N–H and O–H groups in total. The van der Waals surface area contributed by atoms with E-state index in [9.17, 15) is 4.79 Å². The highest BCUT2D eigenvalue weighted by Gasteiger charge is 2.27. The van der Waals surface area contributed by atoms with Gasteiger partial charge in [0.25, 0.3) is 5.91 Å². The van der Waals surface area contributed by atoms with Crippen molar-refractivity contribution in [2.45, 2.75) is 64.5 Å². The van der Waals surface area contributed by atoms with E-state index < -0.39 is 0 Å². The molecule has 1 aromatic rings. The minimum Gasteiger partial charge on any atom is -0.349 e. The molecule has 0 unspecified atom stereocenters. The number of carbonyl (C=O) groups excluding carboxylic acids is 1. The fourth-order valence-corrected chi connectivity index (χ4v) is 4.05. The molecule has 0 radical (unpaired) electrons. The maximum atomic E-state index is 12.4. The van der Waals surface area contributed by atoms with Crippen LogP contribution < -0.4 is 5.32 Å². The summed E-state index contributed by atoms with van der Waals surface area (Å²) in [5.74, 6) is 0.0890. The van der Waals surface area contributed by atoms with Gasteiger partial charge in [-0.1, -0.05) is 30.0 Å². The van der Waals surface area contributed by atoms with Crippen LogP contribution in [0.25, 0.3) is 0 Å². The van der Waals surface area contributed by atoms with Gasteiger partial charge in [0, 0.05) is 30.7 Å². The molecular weight excluding hydrogens is 272 g/mol. The molecule has 1 aromatic carbocycles. The number of nitrogens with zero attached hydrogens (tertiary/aromatic N) is 1. The van der Waals surface area contributed by atoms with Gasteiger partial charge >= 0.3 is 0 Å². The van der Waals surface area contributed by atoms with Crippen molar-refractivity contribution in [1.82, 2.24) is 10.2 Å². The molecule has 3 nitrogen and oxygen atoms in total. The Labute approximate surface area is 134 Å². The standard InChI is InChI=1S/C19H28N2O/c1-14-11-15(2)13-16(12-14)19(22)20-17-7-9-21(10-8-17)18-5-3-4-6-18/h11-13,17-18H,3-10H2,1-2H3,(H,20,22). The molecule has 1 aliphatic heterocycles. The van der Waals surface area contributed by atoms with Crippen LogP contribution in [0.4, 0.5) is 0 Å². The van der Waals surface area contributed by atoms with Crippen molar-refractivity contribution in [2.75, 3.05) is 13.1 Å². The van der Waals surface area contributed by atoms with Crippen molar-refractivity contribution in [3.8, 4) is 0 Å². The molecule has 1 aliphatic carbocycles. The summed E-state index contributed by atoms with van der Waals surface area (Å²) in [6.45, 7) is 6.37. The summed E-state index contributed by atoms with van der Waals surface area (Å²) in [5.41, 5.74) is 3.11. The molecular formula is C19H28N2O. The molecule has 2 fully saturated rings. The number of rotatable bonds is 3. The average Bonchev–Trinajstić information content (AvgIpc) is 3.01. The van der Waals surface area contributed by atoms with E-state index >= 15 is 0 Å². The van der Waals surface area contributed by atoms with E-state index in [2.05, 4.69) is 16.3 Å². The number of hydrogen-bond donors (Lipinski definition) is 1. The van der Waals surface area contributed by atoms with E-state index in [1.54, 1.807) is 0 Å². The van der Waals surface area contributed by atoms with Gasteiger partial charge in [-0.25, -0.2) is 0 Å². The highest BCUT2D eigenvalue weighted by Crippen LogP contribution is 2.26. The van der Waals surface area contributed by atoms with Crippen molar-refractivity contribution >= 4 is 5.91 Å². The normalized spacial score (nSPS) is 21.2. The van der Waals surface area contributed by atoms with Gasteiger partial charge in [-0.15, -0.1) is 0 Å². The Morgan fingerprint density at radius 2 is 1.59 bits per heavy atom. The minimum absolute atomic E-state index is 0.0890. The lowest BCUT2D eigenvalue weighted by atomic mass is 10.0. The Balaban J connectivity index is 1.52. The third kappa shape index (κ3) is 3.70. The molecule has 120 valence electrons. The van der Waals surface area contributed by atoms with Crippen LogP contribution in [-0.2, 0) is 0 Å². The van der Waals surface area contributed by atoms with Gasteiger partial charge in [0.05, 0.1) is 0 Å². The summed E-state index contributed by atoms with van der Waals surface area (Å²) >= 11 is 0. The van der Waals surface area contributed by atoms with E-state index in [1.807, 2.05) is 26.0 Å². The molecule has 0 aromatic heterocycles. The second kappa shape index (κ2) is 6.82. The SMILES string of the molecule is Cc1cc(C)cc(C(=O)NC2CCN(C3CCCC3)CC2)c1. The predicted molar refractivity (Wildman–Crippen MR) is 90.2 cm³/mol. The third-order valence-corrected chi connectivity index (χ3v) is 5.19. The number of amides is 1. The first-order valence-corrected chi connectivity index (χ1v) is 8.75. The minimum atomic E-state index is 0.0890. The number of nitrogens with one attached hydrogen (secondary N) is 1. The summed E-state index contributed by atoms with van der Waals surface area (Å²) in [7, 11) is 0. The van der Waals surface area contributed by atoms with Crippen LogP contribution in [0, 0.1) is 13.8 Å². The Hall–Kier alpha value is -1.35. The van der Waals surface area contributed by atoms with Gasteiger partial charge in [-0.2, -0.15) is 0 Å². The second-order valence-corrected chi connectivity index (χ2v) is 7.10. The monoisotopic (exact) mass is 300 g/mol. The van der Waals surface area contributed by atoms with Gasteiger partial charge in [0.2, 0.25) is 0 Å². The van der Waals surface area contributed by atoms with E-state index in [-0.39, 0.29) is 5.91 Å². The summed E-state index contributed by atoms with van der Waals surface area (Å²) in [6, 6.07) is 7.23. The number of hydrogen-bond acceptors (Lipinski definition) is 2. The van der Waals surface area contributed by atoms with E-state index in [0.29, 0.717) is 6.04 Å². The topological polar surface area (TPSA) is 32.3 Å². The second-order valence-electron chi connectivity index (χ2n) is 7.10. The smallest absolute Gasteiger partial charge is 0.251 e. The maximum Gasteiger partial charge on any atom is 0.251 e. The number of likely N-dealkylation sites (tertiary alicyclic amines) is 1. The van der Waals surface area contributed by atoms with E-state index in [0.717, 1.165) is 48.7 Å². The highest BCUT2D eigenvalue weighted by molar-refractivity contribution is 5.94. The molecule has 2 aliphatic rings. The van der Waals surface area contributed by atoms with Gasteiger partial charge in [-0.3, -0.25) is 4.79 Å². The van der Waals surface area contributed by atoms with Crippen LogP contribution in [0.3, 0.4) is 0 Å². The maximum absolute atomic E-state index is 12.4. The van der Waals surface area contributed by atoms with Crippen LogP contribution in [0.1, 0.15) is 60.0 Å². The van der Waals surface area contributed by atoms with Crippen molar-refractivity contribution in [3.63, 3.8) is 0 Å². The number of carbonyl (C=O) groups is 1. The summed E-state index contributed by atoms with van der Waals surface area (Å²) in [4.78, 5) is 15.1. The molecule has 3 heteroatoms. The largest absolute Gasteiger partial charge is 0.349 e. The zero-order valence-electron chi connectivity index (χ0n) is 13.9. The molecule has 1 saturated heterocycles. The van der Waals surface area contributed by atoms with Crippen LogP contribution in [-0.4, -0.2) is 36.0 Å². The van der Waals surface area contributed by atoms with E-state index in [1.165, 1.54) is 25.7 Å². The zero-order chi connectivity index (χ0) is 15.5. The van der Waals surface area contributed by atoms with Gasteiger partial charge < -0.3 is 10.2 Å². The first-order valence-electron chi connectivity index (χ1n) is 8.75. The lowest BCUT2D eigenvalue weighted by molar-refractivity contribution is 0.0892. The number of piperidine rings is 1. The van der Waals surface area contributed by atoms with Gasteiger partial charge in [0.15, 0.2) is 0 Å². The molecule has 1 saturated carbocycles. The van der Waals surface area contributed by atoms with Crippen molar-refractivity contribution in [3.05, 3.63) is 34.9 Å². The van der Waals surface area contributed by atoms with Crippen LogP contribution in [0.5, 0.6) is 0 Å². The lowest BCUT2D eigenvalue weighted by Gasteiger charge is -2.36. The Bertz CT molecular complexity index is 506. The Morgan fingerprint density at radius 3 is 2.18 bits per heavy atom. The third-order valence-electron chi connectivity index (χ3n) is 5.19. The van der Waals surface area contributed by atoms with Crippen molar-refractivity contribution in [1.29, 1.82) is 0 Å². The first kappa shape index (κ1) is 15.5. The average molecular weight is 300 g/mol. The van der Waals surface area contributed by atoms with Crippen LogP contribution in [0.15, 0.2) is 18.2 Å². The predicted octanol–water partition coefficient (Wildman–Crippen LogP) is 3.44. The molecule has 22 heavy (non-hydrogen) atoms. The first-order chi connectivity index (χ1) is 10.6. The molecule has 1 amide bonds. The molecule has 3 rings (SSSR count). The fourth-order valence-electron chi connectivity index (χ4n) is 4.05. The number of aryl methyl sites for hydroxylation is 2. The Morgan fingerprint density at radius 1 is 1.00 bits per heavy atom. The van der Waals surface area contributed by atoms with E-state index in [4.69, 9.17) is 0 Å². The summed E-state index contributed by atoms with van der Waals surface area (Å²) in [5, 5.41) is 3.24. The molecule has 0 spiro atoms. The summed E-state index contributed by atoms with van der Waals surface area (Å²) in [6.07, 6.45) is 7.72. The molecule has 1 heterocycles. The summed E-state index contributed by atoms with van der Waals surface area (Å²) < 4.78 is 0. The van der Waals surface area contributed by atoms with Crippen molar-refractivity contribution in [2.24, 2.45) is 0 Å². The van der Waals surface area contributed by atoms with Crippen LogP contribution >= 0.6 is 0 Å². The van der Waals surface area contributed by atoms with Crippen molar-refractivity contribution < 1.29 is 4.79 Å².